The zero-order valence-electron chi connectivity index (χ0n) is 28.8. The highest BCUT2D eigenvalue weighted by molar-refractivity contribution is 8.26. The number of carbonyl (C=O) groups is 4. The van der Waals surface area contributed by atoms with Crippen LogP contribution in [0.4, 0.5) is 5.69 Å². The lowest BCUT2D eigenvalue weighted by Gasteiger charge is -2.24. The Morgan fingerprint density at radius 2 is 1.26 bits per heavy atom. The lowest BCUT2D eigenvalue weighted by molar-refractivity contribution is -0.140. The molecule has 0 unspecified atom stereocenters. The van der Waals surface area contributed by atoms with Gasteiger partial charge >= 0.3 is 11.9 Å². The van der Waals surface area contributed by atoms with Crippen LogP contribution in [0.3, 0.4) is 0 Å². The summed E-state index contributed by atoms with van der Waals surface area (Å²) >= 11 is 6.04. The van der Waals surface area contributed by atoms with Gasteiger partial charge in [-0.2, -0.15) is 0 Å². The maximum atomic E-state index is 11.2. The summed E-state index contributed by atoms with van der Waals surface area (Å²) in [6.45, 7) is 20.5. The molecule has 16 heteroatoms. The van der Waals surface area contributed by atoms with Crippen molar-refractivity contribution >= 4 is 57.7 Å². The highest BCUT2D eigenvalue weighted by Gasteiger charge is 2.20. The highest BCUT2D eigenvalue weighted by atomic mass is 32.2. The molecule has 2 rings (SSSR count). The molecule has 1 aliphatic rings. The van der Waals surface area contributed by atoms with Crippen molar-refractivity contribution in [3.63, 3.8) is 0 Å². The van der Waals surface area contributed by atoms with E-state index in [9.17, 15) is 28.8 Å². The van der Waals surface area contributed by atoms with Crippen molar-refractivity contribution in [2.75, 3.05) is 58.7 Å². The molecule has 6 N–H and O–H groups in total. The predicted molar refractivity (Wildman–Crippen MR) is 201 cm³/mol. The standard InChI is InChI=1S/C11H21N3O5.C5H5NO3.C5H5NOS2.4C2H6.2CH4/c1-3-13(7-10(16)17)4-5-14(8-11(18)19)6-9(15)12-2;1-6-2-3(7)5(9)4(2)8;1-2-3-4(7)6-5(8)9-3;4*1-2;;/h3-8H2,1-2H3,(H,12,15)(H,16,17)(H,18,19);6-7H,1H3;2H,1H3,(H,6,7,8);4*1-2H3;2*1H4/b;;3-2-;;;;;;. The van der Waals surface area contributed by atoms with Crippen molar-refractivity contribution in [2.24, 2.45) is 0 Å². The van der Waals surface area contributed by atoms with Crippen LogP contribution in [-0.4, -0.2) is 107 Å². The van der Waals surface area contributed by atoms with Gasteiger partial charge < -0.3 is 31.3 Å². The molecule has 0 atom stereocenters. The van der Waals surface area contributed by atoms with E-state index in [1.165, 1.54) is 30.8 Å². The minimum Gasteiger partial charge on any atom is -0.502 e. The Bertz CT molecular complexity index is 1090. The van der Waals surface area contributed by atoms with Crippen LogP contribution in [-0.2, 0) is 19.2 Å². The number of thioether (sulfide) groups is 1. The number of thiocarbonyl (C=S) groups is 1. The number of hydrogen-bond acceptors (Lipinski definition) is 12. The van der Waals surface area contributed by atoms with Crippen LogP contribution in [0.15, 0.2) is 20.6 Å². The van der Waals surface area contributed by atoms with E-state index >= 15 is 0 Å². The minimum atomic E-state index is -1.02. The van der Waals surface area contributed by atoms with Gasteiger partial charge in [0, 0.05) is 27.2 Å². The van der Waals surface area contributed by atoms with Gasteiger partial charge in [0.25, 0.3) is 16.8 Å². The van der Waals surface area contributed by atoms with E-state index in [0.29, 0.717) is 28.9 Å². The first kappa shape index (κ1) is 59.1. The number of carbonyl (C=O) groups excluding carboxylic acids is 2. The van der Waals surface area contributed by atoms with Crippen LogP contribution in [0.5, 0.6) is 5.75 Å². The van der Waals surface area contributed by atoms with Gasteiger partial charge in [0.05, 0.1) is 24.5 Å². The molecule has 1 heterocycles. The number of aromatic hydroxyl groups is 1. The fourth-order valence-corrected chi connectivity index (χ4v) is 3.61. The number of rotatable bonds is 11. The second kappa shape index (κ2) is 38.8. The third-order valence-corrected chi connectivity index (χ3v) is 5.86. The second-order valence-electron chi connectivity index (χ2n) is 7.17. The molecular formula is C31H63N5O9S2. The summed E-state index contributed by atoms with van der Waals surface area (Å²) in [6, 6.07) is 0. The van der Waals surface area contributed by atoms with Crippen molar-refractivity contribution in [3.8, 4) is 5.75 Å². The monoisotopic (exact) mass is 713 g/mol. The van der Waals surface area contributed by atoms with Crippen molar-refractivity contribution in [3.05, 3.63) is 31.4 Å². The Morgan fingerprint density at radius 1 is 0.830 bits per heavy atom. The van der Waals surface area contributed by atoms with E-state index in [1.807, 2.05) is 69.2 Å². The first-order chi connectivity index (χ1) is 21.3. The number of carboxylic acid groups (broad SMARTS) is 2. The molecule has 0 radical (unpaired) electrons. The number of amides is 2. The summed E-state index contributed by atoms with van der Waals surface area (Å²) in [5.74, 6) is -2.76. The number of aliphatic carboxylic acids is 2. The minimum absolute atomic E-state index is 0. The van der Waals surface area contributed by atoms with Gasteiger partial charge in [0.2, 0.25) is 5.91 Å². The Hall–Kier alpha value is -3.34. The molecule has 1 fully saturated rings. The summed E-state index contributed by atoms with van der Waals surface area (Å²) in [5, 5.41) is 33.4. The molecule has 0 aromatic heterocycles. The largest absolute Gasteiger partial charge is 0.502 e. The Kier molecular flexibility index (Phi) is 48.9. The van der Waals surface area contributed by atoms with E-state index in [0.717, 1.165) is 0 Å². The van der Waals surface area contributed by atoms with Gasteiger partial charge in [-0.1, -0.05) is 107 Å². The fraction of sp³-hybridized carbons (Fsp3) is 0.645. The molecule has 0 aliphatic carbocycles. The van der Waals surface area contributed by atoms with Gasteiger partial charge in [-0.15, -0.1) is 0 Å². The van der Waals surface area contributed by atoms with E-state index in [4.69, 9.17) is 27.5 Å². The van der Waals surface area contributed by atoms with Crippen LogP contribution in [0.1, 0.15) is 84.1 Å². The Morgan fingerprint density at radius 3 is 1.51 bits per heavy atom. The lowest BCUT2D eigenvalue weighted by Crippen LogP contribution is -2.43. The van der Waals surface area contributed by atoms with Crippen molar-refractivity contribution in [1.82, 2.24) is 20.4 Å². The molecule has 0 saturated carbocycles. The maximum absolute atomic E-state index is 11.2. The van der Waals surface area contributed by atoms with E-state index in [2.05, 4.69) is 16.0 Å². The topological polar surface area (TPSA) is 206 Å². The molecule has 1 aromatic carbocycles. The molecule has 2 amide bonds. The average Bonchev–Trinajstić information content (AvgIpc) is 3.39. The van der Waals surface area contributed by atoms with Crippen LogP contribution in [0, 0.1) is 0 Å². The normalized spacial score (nSPS) is 11.1. The number of carboxylic acids is 2. The summed E-state index contributed by atoms with van der Waals surface area (Å²) < 4.78 is 0.549. The molecule has 1 aliphatic heterocycles. The van der Waals surface area contributed by atoms with Gasteiger partial charge in [0.1, 0.15) is 10.0 Å². The fourth-order valence-electron chi connectivity index (χ4n) is 2.64. The Balaban J connectivity index is -0.0000000964. The number of anilines is 1. The zero-order valence-corrected chi connectivity index (χ0v) is 30.5. The maximum Gasteiger partial charge on any atom is 0.317 e. The van der Waals surface area contributed by atoms with Crippen LogP contribution in [0.25, 0.3) is 0 Å². The molecule has 47 heavy (non-hydrogen) atoms. The van der Waals surface area contributed by atoms with Crippen LogP contribution >= 0.6 is 24.0 Å². The summed E-state index contributed by atoms with van der Waals surface area (Å²) in [5.41, 5.74) is -1.44. The number of nitrogens with one attached hydrogen (secondary N) is 3. The average molecular weight is 714 g/mol. The predicted octanol–water partition coefficient (Wildman–Crippen LogP) is 3.97. The first-order valence-corrected chi connectivity index (χ1v) is 16.0. The van der Waals surface area contributed by atoms with E-state index in [1.54, 1.807) is 11.0 Å². The Labute approximate surface area is 292 Å². The third-order valence-electron chi connectivity index (χ3n) is 4.58. The number of hydrogen-bond donors (Lipinski definition) is 6. The van der Waals surface area contributed by atoms with Gasteiger partial charge in [-0.05, 0) is 13.5 Å². The van der Waals surface area contributed by atoms with Crippen LogP contribution < -0.4 is 26.8 Å². The van der Waals surface area contributed by atoms with Gasteiger partial charge in [0.15, 0.2) is 5.75 Å². The zero-order chi connectivity index (χ0) is 36.7. The highest BCUT2D eigenvalue weighted by Crippen LogP contribution is 2.22. The second-order valence-corrected chi connectivity index (χ2v) is 8.89. The number of allylic oxidation sites excluding steroid dienone is 1. The van der Waals surface area contributed by atoms with Gasteiger partial charge in [-0.25, -0.2) is 0 Å². The van der Waals surface area contributed by atoms with Crippen LogP contribution in [0.2, 0.25) is 0 Å². The molecule has 1 saturated heterocycles. The quantitative estimate of drug-likeness (QED) is 0.109. The van der Waals surface area contributed by atoms with E-state index < -0.39 is 28.5 Å². The molecule has 0 spiro atoms. The molecular weight excluding hydrogens is 651 g/mol. The summed E-state index contributed by atoms with van der Waals surface area (Å²) in [4.78, 5) is 67.7. The summed E-state index contributed by atoms with van der Waals surface area (Å²) in [6.07, 6.45) is 1.75. The van der Waals surface area contributed by atoms with E-state index in [-0.39, 0.29) is 52.0 Å². The number of likely N-dealkylation sites (N-methyl/N-ethyl adjacent to an activating group) is 2. The molecule has 1 aromatic rings. The lowest BCUT2D eigenvalue weighted by atomic mass is 10.2. The smallest absolute Gasteiger partial charge is 0.317 e. The third kappa shape index (κ3) is 28.6. The molecule has 0 bridgehead atoms. The van der Waals surface area contributed by atoms with Gasteiger partial charge in [-0.3, -0.25) is 38.6 Å². The molecule has 278 valence electrons. The first-order valence-electron chi connectivity index (χ1n) is 14.8. The van der Waals surface area contributed by atoms with Crippen molar-refractivity contribution in [1.29, 1.82) is 0 Å². The van der Waals surface area contributed by atoms with Crippen molar-refractivity contribution in [2.45, 2.75) is 84.1 Å². The van der Waals surface area contributed by atoms with Crippen molar-refractivity contribution < 1.29 is 34.5 Å². The molecule has 14 nitrogen and oxygen atoms in total. The number of nitrogens with zero attached hydrogens (tertiary/aromatic N) is 2. The summed E-state index contributed by atoms with van der Waals surface area (Å²) in [7, 11) is 2.94. The SMILES string of the molecule is C.C.C/C=C1\SC(=S)NC1=O.CC.CC.CC.CC.CCN(CCN(CC(=O)O)CC(=O)NC)CC(=O)O.CNc1c(O)c(=O)c1=O.